The Hall–Kier alpha value is -3.73. The van der Waals surface area contributed by atoms with Crippen LogP contribution in [0.3, 0.4) is 0 Å². The summed E-state index contributed by atoms with van der Waals surface area (Å²) in [7, 11) is 0. The molecule has 2 amide bonds. The monoisotopic (exact) mass is 357 g/mol. The molecular weight excluding hydrogens is 338 g/mol. The summed E-state index contributed by atoms with van der Waals surface area (Å²) in [5, 5.41) is 5.45. The highest BCUT2D eigenvalue weighted by Gasteiger charge is 2.02. The number of pyridine rings is 1. The van der Waals surface area contributed by atoms with Crippen LogP contribution in [0.5, 0.6) is 0 Å². The Kier molecular flexibility index (Phi) is 5.74. The van der Waals surface area contributed by atoms with Crippen molar-refractivity contribution >= 4 is 29.4 Å². The van der Waals surface area contributed by atoms with Gasteiger partial charge in [0, 0.05) is 24.9 Å². The van der Waals surface area contributed by atoms with Gasteiger partial charge in [-0.3, -0.25) is 9.59 Å². The fourth-order valence-electron chi connectivity index (χ4n) is 2.52. The molecule has 3 rings (SSSR count). The van der Waals surface area contributed by atoms with Crippen LogP contribution in [0.15, 0.2) is 79.0 Å². The van der Waals surface area contributed by atoms with Crippen LogP contribution >= 0.6 is 0 Å². The van der Waals surface area contributed by atoms with Crippen LogP contribution in [0, 0.1) is 0 Å². The summed E-state index contributed by atoms with van der Waals surface area (Å²) in [4.78, 5) is 27.3. The van der Waals surface area contributed by atoms with E-state index >= 15 is 0 Å². The molecule has 0 spiro atoms. The lowest BCUT2D eigenvalue weighted by Crippen LogP contribution is -2.08. The van der Waals surface area contributed by atoms with Crippen LogP contribution in [-0.2, 0) is 9.59 Å². The number of hydrogen-bond donors (Lipinski definition) is 2. The van der Waals surface area contributed by atoms with Crippen LogP contribution in [0.2, 0.25) is 0 Å². The quantitative estimate of drug-likeness (QED) is 0.667. The molecule has 2 N–H and O–H groups in total. The van der Waals surface area contributed by atoms with Crippen molar-refractivity contribution in [2.45, 2.75) is 6.92 Å². The number of hydrogen-bond acceptors (Lipinski definition) is 3. The average molecular weight is 357 g/mol. The Labute approximate surface area is 157 Å². The Morgan fingerprint density at radius 1 is 0.889 bits per heavy atom. The number of amides is 2. The maximum Gasteiger partial charge on any atom is 0.248 e. The summed E-state index contributed by atoms with van der Waals surface area (Å²) in [5.41, 5.74) is 3.62. The molecule has 0 saturated carbocycles. The second-order valence-corrected chi connectivity index (χ2v) is 5.93. The Balaban J connectivity index is 1.64. The molecule has 0 bridgehead atoms. The van der Waals surface area contributed by atoms with E-state index in [4.69, 9.17) is 0 Å². The molecule has 27 heavy (non-hydrogen) atoms. The van der Waals surface area contributed by atoms with Gasteiger partial charge in [-0.05, 0) is 47.0 Å². The average Bonchev–Trinajstić information content (AvgIpc) is 2.68. The highest BCUT2D eigenvalue weighted by Crippen LogP contribution is 2.22. The maximum atomic E-state index is 12.2. The predicted molar refractivity (Wildman–Crippen MR) is 108 cm³/mol. The first-order valence-corrected chi connectivity index (χ1v) is 8.48. The second kappa shape index (κ2) is 8.58. The molecule has 0 saturated heterocycles. The lowest BCUT2D eigenvalue weighted by molar-refractivity contribution is -0.114. The second-order valence-electron chi connectivity index (χ2n) is 5.93. The number of aromatic nitrogens is 1. The number of nitrogens with one attached hydrogen (secondary N) is 2. The Morgan fingerprint density at radius 2 is 1.67 bits per heavy atom. The summed E-state index contributed by atoms with van der Waals surface area (Å²) in [6.45, 7) is 1.42. The molecule has 0 aliphatic heterocycles. The zero-order chi connectivity index (χ0) is 19.1. The molecule has 134 valence electrons. The van der Waals surface area contributed by atoms with Crippen molar-refractivity contribution in [3.63, 3.8) is 0 Å². The van der Waals surface area contributed by atoms with Gasteiger partial charge < -0.3 is 10.6 Å². The minimum Gasteiger partial charge on any atom is -0.322 e. The van der Waals surface area contributed by atoms with Crippen LogP contribution in [0.4, 0.5) is 11.5 Å². The van der Waals surface area contributed by atoms with Gasteiger partial charge in [-0.25, -0.2) is 4.98 Å². The van der Waals surface area contributed by atoms with E-state index in [9.17, 15) is 9.59 Å². The van der Waals surface area contributed by atoms with Crippen LogP contribution in [-0.4, -0.2) is 16.8 Å². The first kappa shape index (κ1) is 18.1. The zero-order valence-corrected chi connectivity index (χ0v) is 14.8. The molecule has 0 radical (unpaired) electrons. The van der Waals surface area contributed by atoms with Crippen molar-refractivity contribution in [3.05, 3.63) is 84.6 Å². The minimum atomic E-state index is -0.230. The maximum absolute atomic E-state index is 12.2. The highest BCUT2D eigenvalue weighted by atomic mass is 16.2. The Morgan fingerprint density at radius 3 is 2.37 bits per heavy atom. The zero-order valence-electron chi connectivity index (χ0n) is 14.8. The normalized spacial score (nSPS) is 10.6. The molecule has 1 aromatic heterocycles. The third kappa shape index (κ3) is 5.37. The summed E-state index contributed by atoms with van der Waals surface area (Å²) >= 11 is 0. The summed E-state index contributed by atoms with van der Waals surface area (Å²) in [6.07, 6.45) is 4.70. The van der Waals surface area contributed by atoms with Crippen molar-refractivity contribution in [1.29, 1.82) is 0 Å². The molecule has 5 nitrogen and oxygen atoms in total. The van der Waals surface area contributed by atoms with E-state index in [1.54, 1.807) is 24.4 Å². The molecule has 0 fully saturated rings. The first-order valence-electron chi connectivity index (χ1n) is 8.48. The smallest absolute Gasteiger partial charge is 0.248 e. The number of benzene rings is 2. The lowest BCUT2D eigenvalue weighted by Gasteiger charge is -2.06. The van der Waals surface area contributed by atoms with Crippen LogP contribution in [0.25, 0.3) is 17.2 Å². The summed E-state index contributed by atoms with van der Waals surface area (Å²) < 4.78 is 0. The summed E-state index contributed by atoms with van der Waals surface area (Å²) in [5.74, 6) is 0.0656. The number of carbonyl (C=O) groups excluding carboxylic acids is 2. The molecule has 1 heterocycles. The van der Waals surface area contributed by atoms with Gasteiger partial charge in [0.1, 0.15) is 5.82 Å². The van der Waals surface area contributed by atoms with Crippen molar-refractivity contribution < 1.29 is 9.59 Å². The van der Waals surface area contributed by atoms with Gasteiger partial charge >= 0.3 is 0 Å². The third-order valence-corrected chi connectivity index (χ3v) is 3.75. The minimum absolute atomic E-state index is 0.178. The molecule has 2 aromatic carbocycles. The van der Waals surface area contributed by atoms with Crippen molar-refractivity contribution in [2.75, 3.05) is 10.6 Å². The van der Waals surface area contributed by atoms with Gasteiger partial charge in [0.2, 0.25) is 11.8 Å². The van der Waals surface area contributed by atoms with E-state index in [-0.39, 0.29) is 11.8 Å². The standard InChI is InChI=1S/C22H19N3O2/c1-16(26)24-21-12-10-17(15-23-21)11-13-22(27)25-20-9-5-8-19(14-20)18-6-3-2-4-7-18/h2-15H,1H3,(H,25,27)(H,23,24,26)/b13-11+. The Bertz CT molecular complexity index is 964. The lowest BCUT2D eigenvalue weighted by atomic mass is 10.1. The molecule has 3 aromatic rings. The van der Waals surface area contributed by atoms with Gasteiger partial charge in [0.15, 0.2) is 0 Å². The van der Waals surface area contributed by atoms with E-state index in [0.29, 0.717) is 5.82 Å². The van der Waals surface area contributed by atoms with E-state index in [2.05, 4.69) is 15.6 Å². The van der Waals surface area contributed by atoms with Gasteiger partial charge in [-0.1, -0.05) is 42.5 Å². The SMILES string of the molecule is CC(=O)Nc1ccc(/C=C/C(=O)Nc2cccc(-c3ccccc3)c2)cn1. The van der Waals surface area contributed by atoms with E-state index in [0.717, 1.165) is 22.4 Å². The molecule has 0 aliphatic rings. The van der Waals surface area contributed by atoms with E-state index < -0.39 is 0 Å². The number of nitrogens with zero attached hydrogens (tertiary/aromatic N) is 1. The fraction of sp³-hybridized carbons (Fsp3) is 0.0455. The number of anilines is 2. The molecule has 0 atom stereocenters. The number of carbonyl (C=O) groups is 2. The first-order chi connectivity index (χ1) is 13.1. The largest absolute Gasteiger partial charge is 0.322 e. The third-order valence-electron chi connectivity index (χ3n) is 3.75. The predicted octanol–water partition coefficient (Wildman–Crippen LogP) is 4.36. The van der Waals surface area contributed by atoms with E-state index in [1.807, 2.05) is 54.6 Å². The topological polar surface area (TPSA) is 71.1 Å². The van der Waals surface area contributed by atoms with Crippen molar-refractivity contribution in [1.82, 2.24) is 4.98 Å². The van der Waals surface area contributed by atoms with Crippen molar-refractivity contribution in [3.8, 4) is 11.1 Å². The number of rotatable bonds is 5. The molecule has 5 heteroatoms. The van der Waals surface area contributed by atoms with Gasteiger partial charge in [-0.2, -0.15) is 0 Å². The van der Waals surface area contributed by atoms with Gasteiger partial charge in [-0.15, -0.1) is 0 Å². The van der Waals surface area contributed by atoms with E-state index in [1.165, 1.54) is 13.0 Å². The van der Waals surface area contributed by atoms with Crippen molar-refractivity contribution in [2.24, 2.45) is 0 Å². The van der Waals surface area contributed by atoms with Crippen LogP contribution in [0.1, 0.15) is 12.5 Å². The molecule has 0 unspecified atom stereocenters. The van der Waals surface area contributed by atoms with Gasteiger partial charge in [0.25, 0.3) is 0 Å². The molecule has 0 aliphatic carbocycles. The summed E-state index contributed by atoms with van der Waals surface area (Å²) in [6, 6.07) is 21.1. The highest BCUT2D eigenvalue weighted by molar-refractivity contribution is 6.02. The molecular formula is C22H19N3O2. The van der Waals surface area contributed by atoms with Gasteiger partial charge in [0.05, 0.1) is 0 Å². The fourth-order valence-corrected chi connectivity index (χ4v) is 2.52. The van der Waals surface area contributed by atoms with Crippen LogP contribution < -0.4 is 10.6 Å².